The third kappa shape index (κ3) is 3.79. The first-order valence-corrected chi connectivity index (χ1v) is 11.8. The Hall–Kier alpha value is -4.95. The minimum atomic E-state index is -1.19. The van der Waals surface area contributed by atoms with E-state index in [0.717, 1.165) is 16.0 Å². The number of fused-ring (bicyclic) bond motifs is 2. The quantitative estimate of drug-likeness (QED) is 0.268. The molecule has 2 heterocycles. The van der Waals surface area contributed by atoms with Crippen molar-refractivity contribution >= 4 is 46.2 Å². The Morgan fingerprint density at radius 1 is 0.895 bits per heavy atom. The minimum absolute atomic E-state index is 0.0118. The number of nitrogens with zero attached hydrogens (tertiary/aromatic N) is 2. The standard InChI is InChI=1S/C29H17ClN2O6/c1-37-25-10-7-17(14-23(25)32-27(33)20-8-5-18(29(35)36)12-21(20)28(32)34)26-31-22-13-16(6-9-24(22)38-26)15-3-2-4-19(30)11-15/h2-14H,1H3,(H,35,36). The number of halogens is 1. The van der Waals surface area contributed by atoms with Gasteiger partial charge in [0.25, 0.3) is 11.8 Å². The van der Waals surface area contributed by atoms with Gasteiger partial charge in [-0.1, -0.05) is 29.8 Å². The van der Waals surface area contributed by atoms with Crippen LogP contribution >= 0.6 is 11.6 Å². The molecule has 186 valence electrons. The van der Waals surface area contributed by atoms with E-state index in [1.807, 2.05) is 36.4 Å². The zero-order valence-electron chi connectivity index (χ0n) is 19.8. The first kappa shape index (κ1) is 23.4. The number of amides is 2. The van der Waals surface area contributed by atoms with Crippen LogP contribution in [0.1, 0.15) is 31.1 Å². The number of benzene rings is 4. The van der Waals surface area contributed by atoms with Crippen LogP contribution in [0, 0.1) is 0 Å². The lowest BCUT2D eigenvalue weighted by atomic mass is 10.1. The Bertz CT molecular complexity index is 1810. The zero-order valence-corrected chi connectivity index (χ0v) is 20.5. The van der Waals surface area contributed by atoms with Gasteiger partial charge in [0.2, 0.25) is 5.89 Å². The number of aromatic carboxylic acids is 1. The van der Waals surface area contributed by atoms with Crippen molar-refractivity contribution in [1.82, 2.24) is 4.98 Å². The van der Waals surface area contributed by atoms with Gasteiger partial charge in [-0.25, -0.2) is 14.7 Å². The molecule has 0 saturated carbocycles. The number of oxazole rings is 1. The smallest absolute Gasteiger partial charge is 0.335 e. The molecule has 0 saturated heterocycles. The van der Waals surface area contributed by atoms with Gasteiger partial charge in [-0.3, -0.25) is 9.59 Å². The topological polar surface area (TPSA) is 110 Å². The van der Waals surface area contributed by atoms with Crippen LogP contribution in [-0.4, -0.2) is 35.0 Å². The SMILES string of the molecule is COc1ccc(-c2nc3cc(-c4cccc(Cl)c4)ccc3o2)cc1N1C(=O)c2ccc(C(=O)O)cc2C1=O. The Labute approximate surface area is 220 Å². The van der Waals surface area contributed by atoms with Crippen LogP contribution in [0.25, 0.3) is 33.7 Å². The molecule has 1 N–H and O–H groups in total. The molecule has 0 aliphatic carbocycles. The Balaban J connectivity index is 1.41. The van der Waals surface area contributed by atoms with Crippen LogP contribution < -0.4 is 9.64 Å². The number of hydrogen-bond donors (Lipinski definition) is 1. The highest BCUT2D eigenvalue weighted by Crippen LogP contribution is 2.39. The maximum absolute atomic E-state index is 13.2. The second kappa shape index (κ2) is 8.86. The van der Waals surface area contributed by atoms with E-state index in [1.54, 1.807) is 24.3 Å². The normalized spacial score (nSPS) is 12.7. The maximum atomic E-state index is 13.2. The number of carbonyl (C=O) groups excluding carboxylic acids is 2. The fourth-order valence-electron chi connectivity index (χ4n) is 4.49. The summed E-state index contributed by atoms with van der Waals surface area (Å²) in [4.78, 5) is 43.4. The average Bonchev–Trinajstić information content (AvgIpc) is 3.46. The van der Waals surface area contributed by atoms with Crippen molar-refractivity contribution in [1.29, 1.82) is 0 Å². The molecule has 4 aromatic carbocycles. The molecule has 9 heteroatoms. The Morgan fingerprint density at radius 2 is 1.66 bits per heavy atom. The summed E-state index contributed by atoms with van der Waals surface area (Å²) in [5, 5.41) is 9.92. The summed E-state index contributed by atoms with van der Waals surface area (Å²) in [6.45, 7) is 0. The van der Waals surface area contributed by atoms with Crippen molar-refractivity contribution in [3.8, 4) is 28.3 Å². The fourth-order valence-corrected chi connectivity index (χ4v) is 4.68. The molecule has 1 aliphatic heterocycles. The molecule has 0 atom stereocenters. The number of imide groups is 1. The molecule has 38 heavy (non-hydrogen) atoms. The van der Waals surface area contributed by atoms with Gasteiger partial charge < -0.3 is 14.3 Å². The molecule has 8 nitrogen and oxygen atoms in total. The largest absolute Gasteiger partial charge is 0.495 e. The number of ether oxygens (including phenoxy) is 1. The van der Waals surface area contributed by atoms with Crippen LogP contribution in [0.15, 0.2) is 83.3 Å². The summed E-state index contributed by atoms with van der Waals surface area (Å²) in [5.74, 6) is -1.85. The van der Waals surface area contributed by atoms with Crippen molar-refractivity contribution in [3.05, 3.63) is 101 Å². The highest BCUT2D eigenvalue weighted by atomic mass is 35.5. The molecule has 0 unspecified atom stereocenters. The van der Waals surface area contributed by atoms with E-state index >= 15 is 0 Å². The molecule has 6 rings (SSSR count). The molecule has 5 aromatic rings. The van der Waals surface area contributed by atoms with E-state index in [2.05, 4.69) is 4.98 Å². The van der Waals surface area contributed by atoms with Gasteiger partial charge in [0, 0.05) is 10.6 Å². The average molecular weight is 525 g/mol. The van der Waals surface area contributed by atoms with E-state index in [1.165, 1.54) is 25.3 Å². The van der Waals surface area contributed by atoms with Crippen LogP contribution in [0.5, 0.6) is 5.75 Å². The van der Waals surface area contributed by atoms with Crippen LogP contribution in [-0.2, 0) is 0 Å². The lowest BCUT2D eigenvalue weighted by Crippen LogP contribution is -2.29. The predicted octanol–water partition coefficient (Wildman–Crippen LogP) is 6.32. The van der Waals surface area contributed by atoms with E-state index in [0.29, 0.717) is 21.7 Å². The summed E-state index contributed by atoms with van der Waals surface area (Å²) in [6.07, 6.45) is 0. The maximum Gasteiger partial charge on any atom is 0.335 e. The van der Waals surface area contributed by atoms with Crippen LogP contribution in [0.4, 0.5) is 5.69 Å². The number of anilines is 1. The number of carbonyl (C=O) groups is 3. The highest BCUT2D eigenvalue weighted by molar-refractivity contribution is 6.35. The van der Waals surface area contributed by atoms with E-state index < -0.39 is 17.8 Å². The molecule has 0 bridgehead atoms. The fraction of sp³-hybridized carbons (Fsp3) is 0.0345. The second-order valence-electron chi connectivity index (χ2n) is 8.61. The zero-order chi connectivity index (χ0) is 26.6. The molecule has 2 amide bonds. The summed E-state index contributed by atoms with van der Waals surface area (Å²) >= 11 is 6.14. The lowest BCUT2D eigenvalue weighted by molar-refractivity contribution is 0.0696. The summed E-state index contributed by atoms with van der Waals surface area (Å²) in [6, 6.07) is 21.9. The van der Waals surface area contributed by atoms with Crippen molar-refractivity contribution in [2.75, 3.05) is 12.0 Å². The highest BCUT2D eigenvalue weighted by Gasteiger charge is 2.39. The number of rotatable bonds is 5. The molecule has 0 spiro atoms. The van der Waals surface area contributed by atoms with Gasteiger partial charge in [-0.2, -0.15) is 0 Å². The molecule has 0 radical (unpaired) electrons. The summed E-state index contributed by atoms with van der Waals surface area (Å²) < 4.78 is 11.4. The number of carboxylic acids is 1. The molecular formula is C29H17ClN2O6. The van der Waals surface area contributed by atoms with Crippen molar-refractivity contribution in [2.45, 2.75) is 0 Å². The van der Waals surface area contributed by atoms with E-state index in [4.69, 9.17) is 20.8 Å². The third-order valence-corrected chi connectivity index (χ3v) is 6.58. The molecule has 1 aromatic heterocycles. The summed E-state index contributed by atoms with van der Waals surface area (Å²) in [5.41, 5.74) is 3.78. The van der Waals surface area contributed by atoms with E-state index in [-0.39, 0.29) is 34.0 Å². The molecular weight excluding hydrogens is 508 g/mol. The van der Waals surface area contributed by atoms with Gasteiger partial charge in [-0.05, 0) is 71.8 Å². The first-order valence-electron chi connectivity index (χ1n) is 11.4. The van der Waals surface area contributed by atoms with E-state index in [9.17, 15) is 19.5 Å². The van der Waals surface area contributed by atoms with Gasteiger partial charge >= 0.3 is 5.97 Å². The van der Waals surface area contributed by atoms with Crippen molar-refractivity contribution < 1.29 is 28.6 Å². The van der Waals surface area contributed by atoms with Crippen LogP contribution in [0.2, 0.25) is 5.02 Å². The number of aromatic nitrogens is 1. The van der Waals surface area contributed by atoms with Crippen molar-refractivity contribution in [3.63, 3.8) is 0 Å². The Morgan fingerprint density at radius 3 is 2.42 bits per heavy atom. The number of methoxy groups -OCH3 is 1. The minimum Gasteiger partial charge on any atom is -0.495 e. The molecule has 1 aliphatic rings. The van der Waals surface area contributed by atoms with Crippen molar-refractivity contribution in [2.24, 2.45) is 0 Å². The number of carboxylic acid groups (broad SMARTS) is 1. The van der Waals surface area contributed by atoms with Gasteiger partial charge in [0.15, 0.2) is 5.58 Å². The van der Waals surface area contributed by atoms with Gasteiger partial charge in [-0.15, -0.1) is 0 Å². The van der Waals surface area contributed by atoms with Gasteiger partial charge in [0.1, 0.15) is 11.3 Å². The first-order chi connectivity index (χ1) is 18.3. The lowest BCUT2D eigenvalue weighted by Gasteiger charge is -2.18. The monoisotopic (exact) mass is 524 g/mol. The van der Waals surface area contributed by atoms with Crippen LogP contribution in [0.3, 0.4) is 0 Å². The number of hydrogen-bond acceptors (Lipinski definition) is 6. The second-order valence-corrected chi connectivity index (χ2v) is 9.05. The predicted molar refractivity (Wildman–Crippen MR) is 141 cm³/mol. The third-order valence-electron chi connectivity index (χ3n) is 6.35. The summed E-state index contributed by atoms with van der Waals surface area (Å²) in [7, 11) is 1.43. The molecule has 0 fully saturated rings. The Kier molecular flexibility index (Phi) is 5.47. The van der Waals surface area contributed by atoms with Gasteiger partial charge in [0.05, 0.1) is 29.5 Å².